The number of rotatable bonds is 10. The zero-order chi connectivity index (χ0) is 23.1. The number of nitro benzene ring substituents is 1. The minimum atomic E-state index is -0.518. The Kier molecular flexibility index (Phi) is 7.85. The first-order chi connectivity index (χ1) is 15.4. The van der Waals surface area contributed by atoms with Gasteiger partial charge >= 0.3 is 0 Å². The number of amides is 1. The molecule has 166 valence electrons. The summed E-state index contributed by atoms with van der Waals surface area (Å²) in [6, 6.07) is 11.2. The lowest BCUT2D eigenvalue weighted by Crippen LogP contribution is -2.15. The number of ether oxygens (including phenoxy) is 1. The number of carbonyl (C=O) groups is 1. The lowest BCUT2D eigenvalue weighted by atomic mass is 10.2. The molecule has 11 heteroatoms. The summed E-state index contributed by atoms with van der Waals surface area (Å²) in [5, 5.41) is 22.9. The Morgan fingerprint density at radius 1 is 1.34 bits per heavy atom. The smallest absolute Gasteiger partial charge is 0.271 e. The summed E-state index contributed by atoms with van der Waals surface area (Å²) >= 11 is 7.36. The van der Waals surface area contributed by atoms with E-state index >= 15 is 0 Å². The molecule has 0 saturated carbocycles. The van der Waals surface area contributed by atoms with Gasteiger partial charge in [0.2, 0.25) is 5.91 Å². The second-order valence-corrected chi connectivity index (χ2v) is 8.01. The number of hydrogen-bond donors (Lipinski definition) is 1. The third kappa shape index (κ3) is 6.08. The Morgan fingerprint density at radius 2 is 2.16 bits per heavy atom. The molecule has 3 rings (SSSR count). The van der Waals surface area contributed by atoms with Crippen molar-refractivity contribution in [1.82, 2.24) is 14.8 Å². The number of anilines is 1. The van der Waals surface area contributed by atoms with Crippen molar-refractivity contribution in [2.24, 2.45) is 0 Å². The quantitative estimate of drug-likeness (QED) is 0.197. The van der Waals surface area contributed by atoms with E-state index in [4.69, 9.17) is 16.3 Å². The molecule has 32 heavy (non-hydrogen) atoms. The maximum absolute atomic E-state index is 12.3. The molecule has 1 aromatic heterocycles. The second kappa shape index (κ2) is 10.8. The molecule has 0 aliphatic heterocycles. The molecule has 1 heterocycles. The molecule has 3 aromatic rings. The van der Waals surface area contributed by atoms with E-state index in [1.807, 2.05) is 19.1 Å². The van der Waals surface area contributed by atoms with E-state index in [0.29, 0.717) is 34.0 Å². The van der Waals surface area contributed by atoms with Gasteiger partial charge in [-0.25, -0.2) is 0 Å². The molecular formula is C21H20ClN5O4S. The Morgan fingerprint density at radius 3 is 2.91 bits per heavy atom. The van der Waals surface area contributed by atoms with Gasteiger partial charge in [0.15, 0.2) is 11.0 Å². The molecule has 0 bridgehead atoms. The van der Waals surface area contributed by atoms with E-state index in [1.54, 1.807) is 22.8 Å². The molecule has 0 fully saturated rings. The van der Waals surface area contributed by atoms with Crippen molar-refractivity contribution < 1.29 is 14.5 Å². The number of hydrogen-bond acceptors (Lipinski definition) is 7. The molecule has 9 nitrogen and oxygen atoms in total. The van der Waals surface area contributed by atoms with Crippen molar-refractivity contribution in [3.05, 3.63) is 81.6 Å². The monoisotopic (exact) mass is 473 g/mol. The number of halogens is 1. The normalized spacial score (nSPS) is 10.6. The van der Waals surface area contributed by atoms with Crippen molar-refractivity contribution in [3.63, 3.8) is 0 Å². The summed E-state index contributed by atoms with van der Waals surface area (Å²) in [4.78, 5) is 22.7. The predicted molar refractivity (Wildman–Crippen MR) is 123 cm³/mol. The van der Waals surface area contributed by atoms with Gasteiger partial charge in [-0.05, 0) is 30.7 Å². The van der Waals surface area contributed by atoms with Crippen LogP contribution in [-0.4, -0.2) is 31.3 Å². The maximum Gasteiger partial charge on any atom is 0.271 e. The van der Waals surface area contributed by atoms with Gasteiger partial charge in [0.1, 0.15) is 12.4 Å². The molecule has 1 N–H and O–H groups in total. The number of nitrogens with one attached hydrogen (secondary N) is 1. The summed E-state index contributed by atoms with van der Waals surface area (Å²) in [5.74, 6) is 0.824. The number of benzene rings is 2. The van der Waals surface area contributed by atoms with Crippen LogP contribution in [0.4, 0.5) is 11.4 Å². The van der Waals surface area contributed by atoms with Gasteiger partial charge < -0.3 is 10.1 Å². The van der Waals surface area contributed by atoms with Gasteiger partial charge in [0.25, 0.3) is 5.69 Å². The van der Waals surface area contributed by atoms with Crippen LogP contribution >= 0.6 is 23.4 Å². The average Bonchev–Trinajstić information content (AvgIpc) is 3.15. The zero-order valence-electron chi connectivity index (χ0n) is 17.2. The largest absolute Gasteiger partial charge is 0.484 e. The Hall–Kier alpha value is -3.37. The number of thioether (sulfide) groups is 1. The molecule has 0 saturated heterocycles. The number of carbonyl (C=O) groups excluding carboxylic acids is 1. The fourth-order valence-electron chi connectivity index (χ4n) is 2.73. The van der Waals surface area contributed by atoms with Gasteiger partial charge in [0, 0.05) is 24.4 Å². The average molecular weight is 474 g/mol. The van der Waals surface area contributed by atoms with Gasteiger partial charge in [-0.15, -0.1) is 16.8 Å². The van der Waals surface area contributed by atoms with Crippen LogP contribution in [-0.2, 0) is 17.9 Å². The van der Waals surface area contributed by atoms with E-state index in [0.717, 1.165) is 5.56 Å². The summed E-state index contributed by atoms with van der Waals surface area (Å²) < 4.78 is 7.60. The zero-order valence-corrected chi connectivity index (χ0v) is 18.7. The predicted octanol–water partition coefficient (Wildman–Crippen LogP) is 4.64. The fraction of sp³-hybridized carbons (Fsp3) is 0.190. The van der Waals surface area contributed by atoms with Crippen LogP contribution in [0.1, 0.15) is 11.4 Å². The van der Waals surface area contributed by atoms with Gasteiger partial charge in [-0.1, -0.05) is 41.6 Å². The van der Waals surface area contributed by atoms with Crippen LogP contribution in [0.15, 0.2) is 60.3 Å². The molecule has 0 spiro atoms. The molecule has 0 atom stereocenters. The van der Waals surface area contributed by atoms with Crippen molar-refractivity contribution in [2.75, 3.05) is 11.1 Å². The number of aryl methyl sites for hydroxylation is 1. The Bertz CT molecular complexity index is 1150. The van der Waals surface area contributed by atoms with Crippen LogP contribution in [0.2, 0.25) is 5.02 Å². The number of aromatic nitrogens is 3. The first-order valence-corrected chi connectivity index (χ1v) is 10.8. The van der Waals surface area contributed by atoms with Crippen LogP contribution in [0.5, 0.6) is 5.75 Å². The highest BCUT2D eigenvalue weighted by atomic mass is 35.5. The van der Waals surface area contributed by atoms with Crippen molar-refractivity contribution in [3.8, 4) is 5.75 Å². The van der Waals surface area contributed by atoms with Gasteiger partial charge in [-0.2, -0.15) is 0 Å². The highest BCUT2D eigenvalue weighted by Crippen LogP contribution is 2.26. The van der Waals surface area contributed by atoms with E-state index < -0.39 is 4.92 Å². The standard InChI is InChI=1S/C21H20ClN5O4S/c1-3-9-26-19(12-31-18-10-14(2)7-8-17(18)22)24-25-21(26)32-13-20(28)23-15-5-4-6-16(11-15)27(29)30/h3-8,10-11H,1,9,12-13H2,2H3,(H,23,28). The van der Waals surface area contributed by atoms with Crippen LogP contribution in [0.3, 0.4) is 0 Å². The fourth-order valence-corrected chi connectivity index (χ4v) is 3.67. The van der Waals surface area contributed by atoms with Gasteiger partial charge in [-0.3, -0.25) is 19.5 Å². The van der Waals surface area contributed by atoms with Crippen LogP contribution in [0, 0.1) is 17.0 Å². The van der Waals surface area contributed by atoms with Crippen molar-refractivity contribution >= 4 is 40.6 Å². The topological polar surface area (TPSA) is 112 Å². The van der Waals surface area contributed by atoms with E-state index in [1.165, 1.54) is 30.0 Å². The minimum absolute atomic E-state index is 0.0442. The number of nitrogens with zero attached hydrogens (tertiary/aromatic N) is 4. The van der Waals surface area contributed by atoms with Crippen molar-refractivity contribution in [2.45, 2.75) is 25.2 Å². The summed E-state index contributed by atoms with van der Waals surface area (Å²) in [6.45, 7) is 6.27. The second-order valence-electron chi connectivity index (χ2n) is 6.66. The molecular weight excluding hydrogens is 454 g/mol. The SMILES string of the molecule is C=CCn1c(COc2cc(C)ccc2Cl)nnc1SCC(=O)Nc1cccc([N+](=O)[O-])c1. The Labute approximate surface area is 193 Å². The number of non-ortho nitro benzene ring substituents is 1. The number of allylic oxidation sites excluding steroid dienone is 1. The third-order valence-corrected chi connectivity index (χ3v) is 5.50. The van der Waals surface area contributed by atoms with E-state index in [-0.39, 0.29) is 24.0 Å². The molecule has 0 aliphatic carbocycles. The molecule has 0 aliphatic rings. The lowest BCUT2D eigenvalue weighted by molar-refractivity contribution is -0.384. The van der Waals surface area contributed by atoms with E-state index in [9.17, 15) is 14.9 Å². The van der Waals surface area contributed by atoms with Crippen LogP contribution in [0.25, 0.3) is 0 Å². The summed E-state index contributed by atoms with van der Waals surface area (Å²) in [7, 11) is 0. The molecule has 2 aromatic carbocycles. The third-order valence-electron chi connectivity index (χ3n) is 4.22. The molecule has 0 radical (unpaired) electrons. The highest BCUT2D eigenvalue weighted by Gasteiger charge is 2.15. The minimum Gasteiger partial charge on any atom is -0.484 e. The summed E-state index contributed by atoms with van der Waals surface area (Å²) in [5.41, 5.74) is 1.27. The number of nitro groups is 1. The highest BCUT2D eigenvalue weighted by molar-refractivity contribution is 7.99. The van der Waals surface area contributed by atoms with Crippen molar-refractivity contribution in [1.29, 1.82) is 0 Å². The lowest BCUT2D eigenvalue weighted by Gasteiger charge is -2.10. The summed E-state index contributed by atoms with van der Waals surface area (Å²) in [6.07, 6.45) is 1.69. The maximum atomic E-state index is 12.3. The molecule has 1 amide bonds. The van der Waals surface area contributed by atoms with Crippen LogP contribution < -0.4 is 10.1 Å². The first-order valence-electron chi connectivity index (χ1n) is 9.46. The first kappa shape index (κ1) is 23.3. The van der Waals surface area contributed by atoms with Gasteiger partial charge in [0.05, 0.1) is 15.7 Å². The van der Waals surface area contributed by atoms with E-state index in [2.05, 4.69) is 22.1 Å². The Balaban J connectivity index is 1.64. The molecule has 0 unspecified atom stereocenters.